The van der Waals surface area contributed by atoms with Gasteiger partial charge in [-0.1, -0.05) is 69.7 Å². The number of cyclic esters (lactones) is 1. The summed E-state index contributed by atoms with van der Waals surface area (Å²) in [7, 11) is 0. The van der Waals surface area contributed by atoms with Crippen molar-refractivity contribution < 1.29 is 49.1 Å². The van der Waals surface area contributed by atoms with Crippen LogP contribution < -0.4 is 0 Å². The van der Waals surface area contributed by atoms with Crippen molar-refractivity contribution in [3.05, 3.63) is 47.6 Å². The van der Waals surface area contributed by atoms with Gasteiger partial charge in [-0.05, 0) is 114 Å². The number of nitrogens with zero attached hydrogens (tertiary/aromatic N) is 1. The van der Waals surface area contributed by atoms with Gasteiger partial charge in [-0.25, -0.2) is 4.79 Å². The maximum absolute atomic E-state index is 14.1. The summed E-state index contributed by atoms with van der Waals surface area (Å²) in [5.74, 6) is -5.84. The minimum atomic E-state index is -2.31. The lowest BCUT2D eigenvalue weighted by Gasteiger charge is -2.42. The van der Waals surface area contributed by atoms with Crippen molar-refractivity contribution in [2.45, 2.75) is 174 Å². The van der Waals surface area contributed by atoms with E-state index in [0.29, 0.717) is 76.2 Å². The molecule has 3 heterocycles. The van der Waals surface area contributed by atoms with Crippen molar-refractivity contribution >= 4 is 23.4 Å². The molecule has 0 aromatic rings. The number of hydrogen-bond donors (Lipinski definition) is 4. The standard InChI is InChI=1S/C45H69NO10/c1-28-12-8-7-9-13-29(2)24-31(4)39(49)27-38(48)30(3)16-22-41(32(5)25-34-18-21-37(47)40(50)26-34)55-44(53)36-14-10-11-23-46(36)43(52)42(51)45(54)33(6)17-20-35(56-45)19-15-28/h7-9,12-13,16,29,31-38,40-41,47-48,50,54H,10-11,14-15,17-27H2,1-6H3/b8-7+,13-9+,28-12+,30-16+/t29-,31?,32-,33?,34+,35-,36?,37?,38?,40-,41?,45?/m1/s1. The summed E-state index contributed by atoms with van der Waals surface area (Å²) in [5, 5.41) is 43.3. The van der Waals surface area contributed by atoms with Crippen LogP contribution in [0.25, 0.3) is 0 Å². The van der Waals surface area contributed by atoms with Crippen LogP contribution >= 0.6 is 0 Å². The van der Waals surface area contributed by atoms with Crippen molar-refractivity contribution in [2.24, 2.45) is 29.6 Å². The van der Waals surface area contributed by atoms with Gasteiger partial charge in [0.05, 0.1) is 24.4 Å². The molecule has 11 heteroatoms. The largest absolute Gasteiger partial charge is 0.460 e. The van der Waals surface area contributed by atoms with Crippen LogP contribution in [0, 0.1) is 29.6 Å². The van der Waals surface area contributed by atoms with Crippen LogP contribution in [0.5, 0.6) is 0 Å². The SMILES string of the molecule is C\C1=C/C=C/C=C/[C@@H](C)CC(C)C(=O)CC(O)/C(C)=C/CC([C@H](C)C[C@@H]2CCC(O)[C@H](O)C2)OC(=O)C2CCCCN2C(=O)C(=O)C2(O)O[C@H](CC1)CCC2C. The Bertz CT molecular complexity index is 1480. The molecule has 56 heavy (non-hydrogen) atoms. The number of ketones is 2. The third-order valence-corrected chi connectivity index (χ3v) is 12.8. The Hall–Kier alpha value is -2.96. The number of rotatable bonds is 3. The molecule has 1 amide bonds. The van der Waals surface area contributed by atoms with E-state index in [9.17, 15) is 39.6 Å². The molecule has 3 fully saturated rings. The summed E-state index contributed by atoms with van der Waals surface area (Å²) in [6, 6.07) is -1.03. The van der Waals surface area contributed by atoms with E-state index in [-0.39, 0.29) is 48.8 Å². The topological polar surface area (TPSA) is 171 Å². The second kappa shape index (κ2) is 21.2. The first kappa shape index (κ1) is 45.7. The van der Waals surface area contributed by atoms with Gasteiger partial charge in [-0.2, -0.15) is 0 Å². The van der Waals surface area contributed by atoms with E-state index in [2.05, 4.69) is 13.0 Å². The molecule has 4 rings (SSSR count). The zero-order valence-electron chi connectivity index (χ0n) is 34.6. The van der Waals surface area contributed by atoms with Gasteiger partial charge in [-0.3, -0.25) is 14.4 Å². The Labute approximate surface area is 334 Å². The Kier molecular flexibility index (Phi) is 17.3. The average molecular weight is 784 g/mol. The van der Waals surface area contributed by atoms with Crippen molar-refractivity contribution in [1.29, 1.82) is 0 Å². The van der Waals surface area contributed by atoms with Crippen LogP contribution in [-0.4, -0.2) is 97.7 Å². The molecule has 0 aromatic carbocycles. The number of amides is 1. The molecule has 0 aromatic heterocycles. The number of ether oxygens (including phenoxy) is 2. The molecule has 1 saturated carbocycles. The second-order valence-electron chi connectivity index (χ2n) is 17.6. The number of allylic oxidation sites excluding steroid dienone is 6. The minimum absolute atomic E-state index is 0.0320. The molecular formula is C45H69NO10. The van der Waals surface area contributed by atoms with E-state index in [4.69, 9.17) is 9.47 Å². The molecule has 0 spiro atoms. The molecule has 7 unspecified atom stereocenters. The van der Waals surface area contributed by atoms with Gasteiger partial charge in [0.25, 0.3) is 11.7 Å². The molecule has 11 nitrogen and oxygen atoms in total. The predicted octanol–water partition coefficient (Wildman–Crippen LogP) is 6.07. The number of piperidine rings is 1. The van der Waals surface area contributed by atoms with Crippen molar-refractivity contribution in [1.82, 2.24) is 4.90 Å². The van der Waals surface area contributed by atoms with Gasteiger partial charge in [-0.15, -0.1) is 0 Å². The molecule has 4 N–H and O–H groups in total. The van der Waals surface area contributed by atoms with E-state index < -0.39 is 65.9 Å². The Morgan fingerprint density at radius 2 is 1.64 bits per heavy atom. The fourth-order valence-electron chi connectivity index (χ4n) is 8.74. The van der Waals surface area contributed by atoms with Crippen molar-refractivity contribution in [3.8, 4) is 0 Å². The lowest BCUT2D eigenvalue weighted by Crippen LogP contribution is -2.60. The molecule has 12 atom stereocenters. The van der Waals surface area contributed by atoms with Crippen molar-refractivity contribution in [3.63, 3.8) is 0 Å². The van der Waals surface area contributed by atoms with Gasteiger partial charge >= 0.3 is 5.97 Å². The molecule has 314 valence electrons. The molecule has 2 bridgehead atoms. The third-order valence-electron chi connectivity index (χ3n) is 12.8. The number of fused-ring (bicyclic) bond motifs is 3. The summed E-state index contributed by atoms with van der Waals surface area (Å²) in [4.78, 5) is 56.5. The second-order valence-corrected chi connectivity index (χ2v) is 17.6. The smallest absolute Gasteiger partial charge is 0.329 e. The number of aliphatic hydroxyl groups excluding tert-OH is 3. The number of esters is 1. The van der Waals surface area contributed by atoms with E-state index >= 15 is 0 Å². The van der Waals surface area contributed by atoms with E-state index in [0.717, 1.165) is 12.0 Å². The van der Waals surface area contributed by atoms with Crippen LogP contribution in [-0.2, 0) is 28.7 Å². The normalized spacial score (nSPS) is 40.5. The van der Waals surface area contributed by atoms with E-state index in [1.54, 1.807) is 19.9 Å². The van der Waals surface area contributed by atoms with Gasteiger partial charge < -0.3 is 34.8 Å². The highest BCUT2D eigenvalue weighted by molar-refractivity contribution is 6.39. The number of hydrogen-bond acceptors (Lipinski definition) is 10. The zero-order chi connectivity index (χ0) is 41.2. The molecule has 4 aliphatic rings. The molecule has 2 saturated heterocycles. The van der Waals surface area contributed by atoms with Crippen LogP contribution in [0.15, 0.2) is 47.6 Å². The lowest BCUT2D eigenvalue weighted by atomic mass is 9.79. The highest BCUT2D eigenvalue weighted by Gasteiger charge is 2.52. The summed E-state index contributed by atoms with van der Waals surface area (Å²) in [6.07, 6.45) is 15.0. The zero-order valence-corrected chi connectivity index (χ0v) is 34.6. The van der Waals surface area contributed by atoms with Gasteiger partial charge in [0.2, 0.25) is 5.79 Å². The molecule has 1 aliphatic carbocycles. The van der Waals surface area contributed by atoms with Crippen LogP contribution in [0.3, 0.4) is 0 Å². The molecule has 3 aliphatic heterocycles. The summed E-state index contributed by atoms with van der Waals surface area (Å²) in [5.41, 5.74) is 1.68. The number of Topliss-reactive ketones (excluding diaryl/α,β-unsaturated/α-hetero) is 2. The summed E-state index contributed by atoms with van der Waals surface area (Å²) in [6.45, 7) is 11.5. The van der Waals surface area contributed by atoms with Gasteiger partial charge in [0, 0.05) is 31.2 Å². The highest BCUT2D eigenvalue weighted by atomic mass is 16.6. The van der Waals surface area contributed by atoms with Gasteiger partial charge in [0.15, 0.2) is 0 Å². The van der Waals surface area contributed by atoms with Crippen LogP contribution in [0.2, 0.25) is 0 Å². The van der Waals surface area contributed by atoms with Crippen molar-refractivity contribution in [2.75, 3.05) is 6.54 Å². The highest BCUT2D eigenvalue weighted by Crippen LogP contribution is 2.37. The summed E-state index contributed by atoms with van der Waals surface area (Å²) < 4.78 is 12.3. The van der Waals surface area contributed by atoms with Gasteiger partial charge in [0.1, 0.15) is 17.9 Å². The predicted molar refractivity (Wildman–Crippen MR) is 214 cm³/mol. The van der Waals surface area contributed by atoms with Crippen LogP contribution in [0.1, 0.15) is 131 Å². The average Bonchev–Trinajstić information content (AvgIpc) is 3.16. The monoisotopic (exact) mass is 783 g/mol. The maximum atomic E-state index is 14.1. The first-order valence-electron chi connectivity index (χ1n) is 21.2. The Balaban J connectivity index is 1.62. The first-order valence-corrected chi connectivity index (χ1v) is 21.2. The number of carbonyl (C=O) groups is 4. The first-order chi connectivity index (χ1) is 26.5. The molecule has 0 radical (unpaired) electrons. The lowest BCUT2D eigenvalue weighted by molar-refractivity contribution is -0.263. The van der Waals surface area contributed by atoms with E-state index in [1.165, 1.54) is 4.90 Å². The summed E-state index contributed by atoms with van der Waals surface area (Å²) >= 11 is 0. The van der Waals surface area contributed by atoms with E-state index in [1.807, 2.05) is 45.1 Å². The third kappa shape index (κ3) is 12.5. The fraction of sp³-hybridized carbons (Fsp3) is 0.733. The maximum Gasteiger partial charge on any atom is 0.329 e. The Morgan fingerprint density at radius 3 is 2.38 bits per heavy atom. The number of aliphatic hydroxyl groups is 4. The van der Waals surface area contributed by atoms with Crippen LogP contribution in [0.4, 0.5) is 0 Å². The Morgan fingerprint density at radius 1 is 0.893 bits per heavy atom. The minimum Gasteiger partial charge on any atom is -0.460 e. The fourth-order valence-corrected chi connectivity index (χ4v) is 8.74. The molecular weight excluding hydrogens is 714 g/mol. The number of carbonyl (C=O) groups excluding carboxylic acids is 4. The quantitative estimate of drug-likeness (QED) is 0.150.